The molecule has 0 aromatic heterocycles. The minimum atomic E-state index is -4.49. The summed E-state index contributed by atoms with van der Waals surface area (Å²) in [6.45, 7) is 8.65. The minimum absolute atomic E-state index is 0.116. The zero-order chi connectivity index (χ0) is 15.5. The maximum absolute atomic E-state index is 14.0. The molecule has 0 N–H and O–H groups in total. The second-order valence-corrected chi connectivity index (χ2v) is 6.47. The molecular weight excluding hydrogens is 285 g/mol. The van der Waals surface area contributed by atoms with E-state index in [1.54, 1.807) is 13.8 Å². The molecule has 0 fully saturated rings. The molecule has 0 bridgehead atoms. The van der Waals surface area contributed by atoms with Gasteiger partial charge >= 0.3 is 7.47 Å². The van der Waals surface area contributed by atoms with Gasteiger partial charge in [0, 0.05) is 13.1 Å². The highest BCUT2D eigenvalue weighted by Crippen LogP contribution is 2.59. The van der Waals surface area contributed by atoms with Crippen molar-refractivity contribution < 1.29 is 25.2 Å². The zero-order valence-electron chi connectivity index (χ0n) is 12.2. The summed E-state index contributed by atoms with van der Waals surface area (Å²) in [7, 11) is -3.05. The molecular formula is C10H22BF4NO2S. The van der Waals surface area contributed by atoms with Crippen LogP contribution in [0.25, 0.3) is 0 Å². The molecule has 0 spiro atoms. The molecule has 19 heavy (non-hydrogen) atoms. The predicted octanol–water partition coefficient (Wildman–Crippen LogP) is 4.25. The first-order chi connectivity index (χ1) is 8.39. The average Bonchev–Trinajstić information content (AvgIpc) is 2.14. The van der Waals surface area contributed by atoms with Gasteiger partial charge in [0.2, 0.25) is 11.3 Å². The quantitative estimate of drug-likeness (QED) is 0.494. The summed E-state index contributed by atoms with van der Waals surface area (Å²) in [5.41, 5.74) is -3.12. The number of rotatable bonds is 8. The molecule has 0 saturated carbocycles. The molecule has 0 aliphatic heterocycles. The van der Waals surface area contributed by atoms with E-state index < -0.39 is 29.9 Å². The Bertz CT molecular complexity index is 289. The second kappa shape index (κ2) is 6.65. The van der Waals surface area contributed by atoms with Crippen molar-refractivity contribution in [2.75, 3.05) is 13.1 Å². The van der Waals surface area contributed by atoms with Crippen molar-refractivity contribution >= 4 is 18.7 Å². The van der Waals surface area contributed by atoms with Crippen LogP contribution < -0.4 is 0 Å². The summed E-state index contributed by atoms with van der Waals surface area (Å²) in [6.07, 6.45) is 0. The van der Waals surface area contributed by atoms with Crippen LogP contribution >= 0.6 is 11.3 Å². The maximum Gasteiger partial charge on any atom is 0.721 e. The molecule has 0 amide bonds. The van der Waals surface area contributed by atoms with E-state index >= 15 is 0 Å². The third-order valence-electron chi connectivity index (χ3n) is 3.15. The highest BCUT2D eigenvalue weighted by atomic mass is 32.3. The topological polar surface area (TPSA) is 21.7 Å². The number of hydrogen-bond donors (Lipinski definition) is 0. The maximum atomic E-state index is 14.0. The lowest BCUT2D eigenvalue weighted by molar-refractivity contribution is -0.0872. The normalized spacial score (nSPS) is 14.9. The van der Waals surface area contributed by atoms with Gasteiger partial charge in [-0.3, -0.25) is 12.8 Å². The molecule has 0 atom stereocenters. The molecule has 0 aliphatic rings. The fourth-order valence-corrected chi connectivity index (χ4v) is 2.70. The summed E-state index contributed by atoms with van der Waals surface area (Å²) in [6, 6.07) is 0. The molecule has 0 radical (unpaired) electrons. The predicted molar refractivity (Wildman–Crippen MR) is 71.0 cm³/mol. The molecule has 0 heterocycles. The van der Waals surface area contributed by atoms with Gasteiger partial charge in [-0.25, -0.2) is 0 Å². The third kappa shape index (κ3) is 5.13. The molecule has 0 aliphatic carbocycles. The van der Waals surface area contributed by atoms with E-state index in [9.17, 15) is 16.4 Å². The molecule has 0 saturated heterocycles. The highest BCUT2D eigenvalue weighted by Gasteiger charge is 2.49. The SMILES string of the molecule is CCN(CC)S(F)(F)OC(C)(C)C(C)(C)OB(F)F. The van der Waals surface area contributed by atoms with E-state index in [1.165, 1.54) is 27.7 Å². The molecule has 0 aromatic carbocycles. The Labute approximate surface area is 115 Å². The van der Waals surface area contributed by atoms with E-state index in [0.29, 0.717) is 0 Å². The lowest BCUT2D eigenvalue weighted by Crippen LogP contribution is -2.51. The largest absolute Gasteiger partial charge is 0.721 e. The summed E-state index contributed by atoms with van der Waals surface area (Å²) in [5, 5.41) is 0. The van der Waals surface area contributed by atoms with Gasteiger partial charge in [-0.1, -0.05) is 13.8 Å². The van der Waals surface area contributed by atoms with E-state index in [-0.39, 0.29) is 13.1 Å². The Kier molecular flexibility index (Phi) is 6.65. The van der Waals surface area contributed by atoms with Crippen molar-refractivity contribution in [1.82, 2.24) is 4.31 Å². The van der Waals surface area contributed by atoms with E-state index in [0.717, 1.165) is 4.31 Å². The van der Waals surface area contributed by atoms with Gasteiger partial charge < -0.3 is 4.65 Å². The summed E-state index contributed by atoms with van der Waals surface area (Å²) >= 11 is -4.49. The lowest BCUT2D eigenvalue weighted by Gasteiger charge is -2.45. The molecule has 0 rings (SSSR count). The zero-order valence-corrected chi connectivity index (χ0v) is 13.0. The monoisotopic (exact) mass is 307 g/mol. The summed E-state index contributed by atoms with van der Waals surface area (Å²) in [4.78, 5) is 0. The van der Waals surface area contributed by atoms with Crippen LogP contribution in [0.15, 0.2) is 0 Å². The van der Waals surface area contributed by atoms with Crippen LogP contribution in [0, 0.1) is 0 Å². The lowest BCUT2D eigenvalue weighted by atomic mass is 9.88. The third-order valence-corrected chi connectivity index (χ3v) is 4.88. The van der Waals surface area contributed by atoms with Gasteiger partial charge in [0.1, 0.15) is 5.60 Å². The molecule has 9 heteroatoms. The van der Waals surface area contributed by atoms with Crippen LogP contribution in [0.4, 0.5) is 16.4 Å². The van der Waals surface area contributed by atoms with Crippen LogP contribution in [0.1, 0.15) is 41.5 Å². The van der Waals surface area contributed by atoms with Crippen molar-refractivity contribution in [1.29, 1.82) is 0 Å². The fraction of sp³-hybridized carbons (Fsp3) is 1.00. The smallest absolute Gasteiger partial charge is 0.371 e. The number of nitrogens with zero attached hydrogens (tertiary/aromatic N) is 1. The van der Waals surface area contributed by atoms with Crippen molar-refractivity contribution in [3.05, 3.63) is 0 Å². The van der Waals surface area contributed by atoms with Crippen LogP contribution in [0.2, 0.25) is 0 Å². The van der Waals surface area contributed by atoms with E-state index in [4.69, 9.17) is 4.18 Å². The molecule has 3 nitrogen and oxygen atoms in total. The van der Waals surface area contributed by atoms with Gasteiger partial charge in [0.25, 0.3) is 0 Å². The van der Waals surface area contributed by atoms with Crippen molar-refractivity contribution in [3.8, 4) is 0 Å². The second-order valence-electron chi connectivity index (χ2n) is 4.99. The Hall–Kier alpha value is 0.0149. The fourth-order valence-electron chi connectivity index (χ4n) is 1.29. The summed E-state index contributed by atoms with van der Waals surface area (Å²) < 4.78 is 62.8. The molecule has 0 unspecified atom stereocenters. The Morgan fingerprint density at radius 1 is 1.00 bits per heavy atom. The Morgan fingerprint density at radius 2 is 1.42 bits per heavy atom. The number of halogens is 4. The standard InChI is InChI=1S/C10H22BF4NO2S/c1-7-16(8-2)19(14,15)18-10(5,6)9(3,4)17-11(12)13/h7-8H2,1-6H3. The number of hydrogen-bond acceptors (Lipinski definition) is 3. The van der Waals surface area contributed by atoms with Crippen LogP contribution in [-0.4, -0.2) is 36.1 Å². The van der Waals surface area contributed by atoms with Crippen LogP contribution in [0.5, 0.6) is 0 Å². The average molecular weight is 307 g/mol. The molecule has 116 valence electrons. The summed E-state index contributed by atoms with van der Waals surface area (Å²) in [5.74, 6) is 0. The molecule has 0 aromatic rings. The first-order valence-corrected chi connectivity index (χ1v) is 7.35. The van der Waals surface area contributed by atoms with Gasteiger partial charge in [-0.2, -0.15) is 4.31 Å². The van der Waals surface area contributed by atoms with Crippen molar-refractivity contribution in [2.45, 2.75) is 52.7 Å². The highest BCUT2D eigenvalue weighted by molar-refractivity contribution is 8.19. The first kappa shape index (κ1) is 19.0. The Morgan fingerprint density at radius 3 is 1.74 bits per heavy atom. The van der Waals surface area contributed by atoms with Gasteiger partial charge in [0.15, 0.2) is 0 Å². The van der Waals surface area contributed by atoms with Gasteiger partial charge in [-0.05, 0) is 27.7 Å². The van der Waals surface area contributed by atoms with Gasteiger partial charge in [0.05, 0.1) is 5.60 Å². The van der Waals surface area contributed by atoms with Crippen molar-refractivity contribution in [2.24, 2.45) is 0 Å². The van der Waals surface area contributed by atoms with Crippen LogP contribution in [-0.2, 0) is 8.84 Å². The van der Waals surface area contributed by atoms with E-state index in [2.05, 4.69) is 4.65 Å². The first-order valence-electron chi connectivity index (χ1n) is 6.03. The minimum Gasteiger partial charge on any atom is -0.371 e. The van der Waals surface area contributed by atoms with Crippen molar-refractivity contribution in [3.63, 3.8) is 0 Å². The van der Waals surface area contributed by atoms with E-state index in [1.807, 2.05) is 0 Å². The van der Waals surface area contributed by atoms with Gasteiger partial charge in [-0.15, -0.1) is 7.77 Å². The van der Waals surface area contributed by atoms with Crippen LogP contribution in [0.3, 0.4) is 0 Å². The Balaban J connectivity index is 5.02.